The van der Waals surface area contributed by atoms with E-state index in [4.69, 9.17) is 5.11 Å². The highest BCUT2D eigenvalue weighted by atomic mass is 16.4. The lowest BCUT2D eigenvalue weighted by molar-refractivity contribution is 0.436. The van der Waals surface area contributed by atoms with Crippen LogP contribution in [0.3, 0.4) is 0 Å². The predicted octanol–water partition coefficient (Wildman–Crippen LogP) is 0.689. The van der Waals surface area contributed by atoms with E-state index in [2.05, 4.69) is 9.40 Å². The van der Waals surface area contributed by atoms with Gasteiger partial charge in [-0.2, -0.15) is 4.98 Å². The Hall–Kier alpha value is -0.990. The third-order valence-corrected chi connectivity index (χ3v) is 0.719. The molecule has 38 valence electrons. The fourth-order valence-electron chi connectivity index (χ4n) is 0.299. The van der Waals surface area contributed by atoms with Gasteiger partial charge in [-0.1, -0.05) is 0 Å². The van der Waals surface area contributed by atoms with E-state index < -0.39 is 0 Å². The van der Waals surface area contributed by atoms with Gasteiger partial charge in [0, 0.05) is 0 Å². The first-order chi connectivity index (χ1) is 3.30. The third-order valence-electron chi connectivity index (χ3n) is 0.719. The Morgan fingerprint density at radius 1 is 1.86 bits per heavy atom. The summed E-state index contributed by atoms with van der Waals surface area (Å²) in [4.78, 5) is 3.41. The number of rotatable bonds is 0. The molecule has 0 aliphatic rings. The van der Waals surface area contributed by atoms with Gasteiger partial charge in [0.2, 0.25) is 0 Å². The Kier molecular flexibility index (Phi) is 0.749. The molecular formula is C4H5NO2. The maximum absolute atomic E-state index is 8.55. The molecule has 3 nitrogen and oxygen atoms in total. The zero-order chi connectivity index (χ0) is 5.28. The molecule has 0 fully saturated rings. The van der Waals surface area contributed by atoms with Gasteiger partial charge >= 0.3 is 0 Å². The van der Waals surface area contributed by atoms with Crippen molar-refractivity contribution in [1.82, 2.24) is 4.98 Å². The van der Waals surface area contributed by atoms with Gasteiger partial charge in [-0.15, -0.1) is 0 Å². The van der Waals surface area contributed by atoms with Crippen molar-refractivity contribution >= 4 is 0 Å². The highest BCUT2D eigenvalue weighted by molar-refractivity contribution is 5.08. The second-order valence-electron chi connectivity index (χ2n) is 1.23. The second kappa shape index (κ2) is 1.26. The molecular weight excluding hydrogens is 94.0 g/mol. The molecule has 0 amide bonds. The molecule has 1 heterocycles. The fraction of sp³-hybridized carbons (Fsp3) is 0.250. The summed E-state index contributed by atoms with van der Waals surface area (Å²) < 4.78 is 4.60. The Bertz CT molecular complexity index is 142. The molecule has 1 N–H and O–H groups in total. The molecule has 0 atom stereocenters. The second-order valence-corrected chi connectivity index (χ2v) is 1.23. The molecule has 0 bridgehead atoms. The number of aryl methyl sites for hydroxylation is 1. The van der Waals surface area contributed by atoms with Gasteiger partial charge in [0.25, 0.3) is 5.88 Å². The predicted molar refractivity (Wildman–Crippen MR) is 22.9 cm³/mol. The van der Waals surface area contributed by atoms with E-state index in [1.165, 1.54) is 6.39 Å². The van der Waals surface area contributed by atoms with Crippen molar-refractivity contribution in [2.75, 3.05) is 0 Å². The van der Waals surface area contributed by atoms with Crippen LogP contribution in [-0.4, -0.2) is 10.1 Å². The largest absolute Gasteiger partial charge is 0.491 e. The molecule has 0 saturated carbocycles. The fourth-order valence-corrected chi connectivity index (χ4v) is 0.299. The Morgan fingerprint density at radius 3 is 2.71 bits per heavy atom. The Balaban J connectivity index is 3.12. The molecule has 0 spiro atoms. The molecule has 0 aromatic carbocycles. The molecule has 0 saturated heterocycles. The number of aromatic nitrogens is 1. The van der Waals surface area contributed by atoms with E-state index in [-0.39, 0.29) is 5.88 Å². The van der Waals surface area contributed by atoms with E-state index in [0.717, 1.165) is 0 Å². The summed E-state index contributed by atoms with van der Waals surface area (Å²) in [5, 5.41) is 8.55. The first-order valence-electron chi connectivity index (χ1n) is 1.90. The normalized spacial score (nSPS) is 9.29. The number of hydrogen-bond donors (Lipinski definition) is 1. The zero-order valence-corrected chi connectivity index (χ0v) is 3.88. The van der Waals surface area contributed by atoms with E-state index in [9.17, 15) is 0 Å². The molecule has 0 aliphatic carbocycles. The van der Waals surface area contributed by atoms with Crippen LogP contribution in [0.1, 0.15) is 5.76 Å². The molecule has 1 aromatic heterocycles. The van der Waals surface area contributed by atoms with Gasteiger partial charge in [-0.05, 0) is 6.92 Å². The summed E-state index contributed by atoms with van der Waals surface area (Å²) in [6.07, 6.45) is 1.20. The van der Waals surface area contributed by atoms with Crippen LogP contribution in [0.25, 0.3) is 0 Å². The lowest BCUT2D eigenvalue weighted by Crippen LogP contribution is -1.61. The number of aromatic hydroxyl groups is 1. The van der Waals surface area contributed by atoms with Crippen LogP contribution in [0.15, 0.2) is 10.8 Å². The summed E-state index contributed by atoms with van der Waals surface area (Å²) in [6.45, 7) is 1.64. The lowest BCUT2D eigenvalue weighted by Gasteiger charge is -1.76. The molecule has 1 rings (SSSR count). The van der Waals surface area contributed by atoms with Crippen molar-refractivity contribution < 1.29 is 9.52 Å². The highest BCUT2D eigenvalue weighted by Gasteiger charge is 1.94. The molecule has 7 heavy (non-hydrogen) atoms. The van der Waals surface area contributed by atoms with Crippen molar-refractivity contribution in [1.29, 1.82) is 0 Å². The molecule has 0 radical (unpaired) electrons. The highest BCUT2D eigenvalue weighted by Crippen LogP contribution is 2.09. The van der Waals surface area contributed by atoms with Gasteiger partial charge in [-0.3, -0.25) is 0 Å². The molecule has 0 aliphatic heterocycles. The number of nitrogens with zero attached hydrogens (tertiary/aromatic N) is 1. The van der Waals surface area contributed by atoms with Crippen LogP contribution >= 0.6 is 0 Å². The van der Waals surface area contributed by atoms with Gasteiger partial charge in [0.15, 0.2) is 12.2 Å². The van der Waals surface area contributed by atoms with Crippen molar-refractivity contribution in [3.05, 3.63) is 12.2 Å². The Morgan fingerprint density at radius 2 is 2.57 bits per heavy atom. The minimum absolute atomic E-state index is 0.0278. The smallest absolute Gasteiger partial charge is 0.253 e. The average molecular weight is 99.1 g/mol. The van der Waals surface area contributed by atoms with Crippen molar-refractivity contribution in [3.63, 3.8) is 0 Å². The third kappa shape index (κ3) is 0.559. The number of oxazole rings is 1. The average Bonchev–Trinajstić information content (AvgIpc) is 1.91. The van der Waals surface area contributed by atoms with Crippen LogP contribution in [0.4, 0.5) is 0 Å². The van der Waals surface area contributed by atoms with Gasteiger partial charge in [0.1, 0.15) is 0 Å². The van der Waals surface area contributed by atoms with Crippen LogP contribution < -0.4 is 0 Å². The minimum Gasteiger partial charge on any atom is -0.491 e. The van der Waals surface area contributed by atoms with Crippen LogP contribution in [-0.2, 0) is 0 Å². The first kappa shape index (κ1) is 4.18. The van der Waals surface area contributed by atoms with E-state index >= 15 is 0 Å². The SMILES string of the molecule is Cc1ocnc1O. The van der Waals surface area contributed by atoms with Crippen LogP contribution in [0, 0.1) is 6.92 Å². The van der Waals surface area contributed by atoms with E-state index in [0.29, 0.717) is 5.76 Å². The number of hydrogen-bond acceptors (Lipinski definition) is 3. The van der Waals surface area contributed by atoms with Gasteiger partial charge < -0.3 is 9.52 Å². The summed E-state index contributed by atoms with van der Waals surface area (Å²) in [5.41, 5.74) is 0. The lowest BCUT2D eigenvalue weighted by atomic mass is 10.6. The Labute approximate surface area is 40.6 Å². The van der Waals surface area contributed by atoms with Crippen molar-refractivity contribution in [2.24, 2.45) is 0 Å². The maximum atomic E-state index is 8.55. The van der Waals surface area contributed by atoms with Gasteiger partial charge in [0.05, 0.1) is 0 Å². The monoisotopic (exact) mass is 99.0 g/mol. The topological polar surface area (TPSA) is 46.3 Å². The molecule has 3 heteroatoms. The molecule has 0 unspecified atom stereocenters. The summed E-state index contributed by atoms with van der Waals surface area (Å²) >= 11 is 0. The quantitative estimate of drug-likeness (QED) is 0.520. The zero-order valence-electron chi connectivity index (χ0n) is 3.88. The summed E-state index contributed by atoms with van der Waals surface area (Å²) in [5.74, 6) is 0.431. The van der Waals surface area contributed by atoms with Crippen molar-refractivity contribution in [2.45, 2.75) is 6.92 Å². The maximum Gasteiger partial charge on any atom is 0.253 e. The van der Waals surface area contributed by atoms with Crippen LogP contribution in [0.2, 0.25) is 0 Å². The van der Waals surface area contributed by atoms with Crippen molar-refractivity contribution in [3.8, 4) is 5.88 Å². The first-order valence-corrected chi connectivity index (χ1v) is 1.90. The minimum atomic E-state index is -0.0278. The van der Waals surface area contributed by atoms with Crippen LogP contribution in [0.5, 0.6) is 5.88 Å². The van der Waals surface area contributed by atoms with E-state index in [1.807, 2.05) is 0 Å². The summed E-state index contributed by atoms with van der Waals surface area (Å²) in [7, 11) is 0. The summed E-state index contributed by atoms with van der Waals surface area (Å²) in [6, 6.07) is 0. The van der Waals surface area contributed by atoms with Gasteiger partial charge in [-0.25, -0.2) is 0 Å². The standard InChI is InChI=1S/C4H5NO2/c1-3-4(6)5-2-7-3/h2,6H,1H3. The van der Waals surface area contributed by atoms with E-state index in [1.54, 1.807) is 6.92 Å². The molecule has 1 aromatic rings.